The maximum Gasteiger partial charge on any atom is 0.239 e. The van der Waals surface area contributed by atoms with Gasteiger partial charge in [0.1, 0.15) is 16.1 Å². The molecule has 1 atom stereocenters. The first kappa shape index (κ1) is 16.9. The Morgan fingerprint density at radius 2 is 2.33 bits per heavy atom. The molecule has 1 aliphatic rings. The van der Waals surface area contributed by atoms with Gasteiger partial charge in [0, 0.05) is 5.69 Å². The highest BCUT2D eigenvalue weighted by Gasteiger charge is 2.23. The summed E-state index contributed by atoms with van der Waals surface area (Å²) in [6, 6.07) is 4.14. The standard InChI is InChI=1S/C16H17N5OS2/c1-3-13(14(22)19-16-21-20-9(2)23-16)24-15-11(8-17)7-10-5-4-6-12(10)18-15/h7,13H,3-6H2,1-2H3,(H,19,21,22)/t13-/m0/s1. The molecule has 24 heavy (non-hydrogen) atoms. The Bertz CT molecular complexity index is 811. The number of anilines is 1. The molecule has 0 fully saturated rings. The van der Waals surface area contributed by atoms with E-state index in [1.165, 1.54) is 23.1 Å². The van der Waals surface area contributed by atoms with Gasteiger partial charge in [-0.2, -0.15) is 5.26 Å². The smallest absolute Gasteiger partial charge is 0.239 e. The Morgan fingerprint density at radius 3 is 3.00 bits per heavy atom. The van der Waals surface area contributed by atoms with Crippen LogP contribution in [0.25, 0.3) is 0 Å². The quantitative estimate of drug-likeness (QED) is 0.825. The number of hydrogen-bond donors (Lipinski definition) is 1. The van der Waals surface area contributed by atoms with Crippen LogP contribution in [0.4, 0.5) is 5.13 Å². The van der Waals surface area contributed by atoms with Crippen molar-refractivity contribution in [3.63, 3.8) is 0 Å². The minimum absolute atomic E-state index is 0.134. The molecule has 0 saturated heterocycles. The molecule has 0 bridgehead atoms. The van der Waals surface area contributed by atoms with Crippen LogP contribution in [0.1, 0.15) is 41.6 Å². The van der Waals surface area contributed by atoms with Crippen molar-refractivity contribution in [1.82, 2.24) is 15.2 Å². The molecule has 0 aliphatic heterocycles. The van der Waals surface area contributed by atoms with Gasteiger partial charge in [-0.05, 0) is 44.2 Å². The number of nitriles is 1. The van der Waals surface area contributed by atoms with E-state index in [2.05, 4.69) is 26.6 Å². The molecular weight excluding hydrogens is 342 g/mol. The fraction of sp³-hybridized carbons (Fsp3) is 0.438. The van der Waals surface area contributed by atoms with Gasteiger partial charge in [-0.1, -0.05) is 30.0 Å². The van der Waals surface area contributed by atoms with Crippen LogP contribution in [-0.4, -0.2) is 26.3 Å². The average Bonchev–Trinajstić information content (AvgIpc) is 3.19. The number of hydrogen-bond acceptors (Lipinski definition) is 7. The third kappa shape index (κ3) is 3.57. The van der Waals surface area contributed by atoms with Gasteiger partial charge in [0.05, 0.1) is 10.8 Å². The molecule has 0 aromatic carbocycles. The molecule has 0 unspecified atom stereocenters. The number of thioether (sulfide) groups is 1. The first-order valence-corrected chi connectivity index (χ1v) is 9.50. The normalized spacial score (nSPS) is 14.0. The van der Waals surface area contributed by atoms with Crippen LogP contribution >= 0.6 is 23.1 Å². The summed E-state index contributed by atoms with van der Waals surface area (Å²) < 4.78 is 0. The van der Waals surface area contributed by atoms with Crippen LogP contribution in [-0.2, 0) is 17.6 Å². The van der Waals surface area contributed by atoms with E-state index < -0.39 is 0 Å². The predicted octanol–water partition coefficient (Wildman–Crippen LogP) is 3.11. The fourth-order valence-corrected chi connectivity index (χ4v) is 4.20. The molecule has 3 rings (SSSR count). The van der Waals surface area contributed by atoms with Crippen molar-refractivity contribution < 1.29 is 4.79 Å². The number of rotatable bonds is 5. The third-order valence-corrected chi connectivity index (χ3v) is 5.93. The summed E-state index contributed by atoms with van der Waals surface area (Å²) in [7, 11) is 0. The van der Waals surface area contributed by atoms with Crippen molar-refractivity contribution in [3.05, 3.63) is 27.9 Å². The number of nitrogens with zero attached hydrogens (tertiary/aromatic N) is 4. The van der Waals surface area contributed by atoms with E-state index in [0.717, 1.165) is 35.5 Å². The molecular formula is C16H17N5OS2. The van der Waals surface area contributed by atoms with Crippen LogP contribution in [0.3, 0.4) is 0 Å². The molecule has 1 amide bonds. The van der Waals surface area contributed by atoms with Crippen molar-refractivity contribution in [3.8, 4) is 6.07 Å². The number of carbonyl (C=O) groups excluding carboxylic acids is 1. The van der Waals surface area contributed by atoms with Gasteiger partial charge in [0.2, 0.25) is 11.0 Å². The first-order valence-electron chi connectivity index (χ1n) is 7.81. The van der Waals surface area contributed by atoms with E-state index >= 15 is 0 Å². The molecule has 1 N–H and O–H groups in total. The third-order valence-electron chi connectivity index (χ3n) is 3.81. The van der Waals surface area contributed by atoms with Gasteiger partial charge < -0.3 is 0 Å². The zero-order valence-corrected chi connectivity index (χ0v) is 15.1. The number of nitrogens with one attached hydrogen (secondary N) is 1. The summed E-state index contributed by atoms with van der Waals surface area (Å²) in [5.41, 5.74) is 2.78. The van der Waals surface area contributed by atoms with Crippen molar-refractivity contribution in [2.75, 3.05) is 5.32 Å². The lowest BCUT2D eigenvalue weighted by Crippen LogP contribution is -2.24. The molecule has 8 heteroatoms. The largest absolute Gasteiger partial charge is 0.300 e. The molecule has 6 nitrogen and oxygen atoms in total. The van der Waals surface area contributed by atoms with Gasteiger partial charge >= 0.3 is 0 Å². The van der Waals surface area contributed by atoms with E-state index in [9.17, 15) is 10.1 Å². The summed E-state index contributed by atoms with van der Waals surface area (Å²) in [6.45, 7) is 3.79. The highest BCUT2D eigenvalue weighted by molar-refractivity contribution is 8.00. The fourth-order valence-electron chi connectivity index (χ4n) is 2.61. The Kier molecular flexibility index (Phi) is 5.11. The van der Waals surface area contributed by atoms with Crippen LogP contribution in [0.15, 0.2) is 11.1 Å². The van der Waals surface area contributed by atoms with Gasteiger partial charge in [0.25, 0.3) is 0 Å². The second-order valence-electron chi connectivity index (χ2n) is 5.54. The van der Waals surface area contributed by atoms with E-state index in [-0.39, 0.29) is 11.2 Å². The van der Waals surface area contributed by atoms with Crippen LogP contribution < -0.4 is 5.32 Å². The predicted molar refractivity (Wildman–Crippen MR) is 94.2 cm³/mol. The van der Waals surface area contributed by atoms with Crippen molar-refractivity contribution in [2.45, 2.75) is 49.8 Å². The average molecular weight is 359 g/mol. The number of amides is 1. The van der Waals surface area contributed by atoms with Crippen LogP contribution in [0.5, 0.6) is 0 Å². The molecule has 2 aromatic heterocycles. The summed E-state index contributed by atoms with van der Waals surface area (Å²) in [5, 5.41) is 21.6. The van der Waals surface area contributed by atoms with E-state index in [1.54, 1.807) is 0 Å². The second-order valence-corrected chi connectivity index (χ2v) is 7.92. The lowest BCUT2D eigenvalue weighted by molar-refractivity contribution is -0.115. The maximum atomic E-state index is 12.5. The molecule has 1 aliphatic carbocycles. The molecule has 0 radical (unpaired) electrons. The number of fused-ring (bicyclic) bond motifs is 1. The Morgan fingerprint density at radius 1 is 1.50 bits per heavy atom. The van der Waals surface area contributed by atoms with E-state index in [0.29, 0.717) is 22.1 Å². The minimum atomic E-state index is -0.326. The zero-order chi connectivity index (χ0) is 17.1. The van der Waals surface area contributed by atoms with Crippen LogP contribution in [0.2, 0.25) is 0 Å². The van der Waals surface area contributed by atoms with E-state index in [4.69, 9.17) is 0 Å². The highest BCUT2D eigenvalue weighted by atomic mass is 32.2. The minimum Gasteiger partial charge on any atom is -0.300 e. The summed E-state index contributed by atoms with van der Waals surface area (Å²) >= 11 is 2.69. The van der Waals surface area contributed by atoms with Crippen LogP contribution in [0, 0.1) is 18.3 Å². The number of aryl methyl sites for hydroxylation is 3. The van der Waals surface area contributed by atoms with Crippen molar-refractivity contribution >= 4 is 34.1 Å². The summed E-state index contributed by atoms with van der Waals surface area (Å²) in [6.07, 6.45) is 3.64. The first-order chi connectivity index (χ1) is 11.6. The summed E-state index contributed by atoms with van der Waals surface area (Å²) in [5.74, 6) is -0.134. The topological polar surface area (TPSA) is 91.6 Å². The highest BCUT2D eigenvalue weighted by Crippen LogP contribution is 2.31. The molecule has 2 heterocycles. The van der Waals surface area contributed by atoms with Crippen molar-refractivity contribution in [2.24, 2.45) is 0 Å². The maximum absolute atomic E-state index is 12.5. The monoisotopic (exact) mass is 359 g/mol. The molecule has 2 aromatic rings. The Hall–Kier alpha value is -1.98. The van der Waals surface area contributed by atoms with Crippen molar-refractivity contribution in [1.29, 1.82) is 5.26 Å². The van der Waals surface area contributed by atoms with Gasteiger partial charge in [0.15, 0.2) is 0 Å². The second kappa shape index (κ2) is 7.28. The van der Waals surface area contributed by atoms with E-state index in [1.807, 2.05) is 19.9 Å². The number of aromatic nitrogens is 3. The molecule has 0 spiro atoms. The Balaban J connectivity index is 1.78. The Labute approximate surface area is 148 Å². The SMILES string of the molecule is CC[C@H](Sc1nc2c(cc1C#N)CCC2)C(=O)Nc1nnc(C)s1. The summed E-state index contributed by atoms with van der Waals surface area (Å²) in [4.78, 5) is 17.1. The van der Waals surface area contributed by atoms with Gasteiger partial charge in [-0.25, -0.2) is 4.98 Å². The molecule has 0 saturated carbocycles. The molecule has 124 valence electrons. The number of carbonyl (C=O) groups is 1. The van der Waals surface area contributed by atoms with Gasteiger partial charge in [-0.3, -0.25) is 10.1 Å². The lowest BCUT2D eigenvalue weighted by atomic mass is 10.2. The zero-order valence-electron chi connectivity index (χ0n) is 13.5. The lowest BCUT2D eigenvalue weighted by Gasteiger charge is -2.14. The van der Waals surface area contributed by atoms with Gasteiger partial charge in [-0.15, -0.1) is 10.2 Å². The number of pyridine rings is 1.